The number of aromatic nitrogens is 2. The van der Waals surface area contributed by atoms with Gasteiger partial charge < -0.3 is 15.0 Å². The second kappa shape index (κ2) is 11.2. The molecule has 2 heterocycles. The van der Waals surface area contributed by atoms with E-state index in [0.29, 0.717) is 40.6 Å². The molecule has 7 nitrogen and oxygen atoms in total. The Kier molecular flexibility index (Phi) is 7.97. The molecule has 1 atom stereocenters. The van der Waals surface area contributed by atoms with Gasteiger partial charge in [-0.1, -0.05) is 29.7 Å². The Hall–Kier alpha value is -3.97. The molecule has 3 aromatic rings. The van der Waals surface area contributed by atoms with E-state index in [1.54, 1.807) is 31.2 Å². The number of carbonyl (C=O) groups is 1. The maximum Gasteiger partial charge on any atom is 0.416 e. The lowest BCUT2D eigenvalue weighted by Crippen LogP contribution is -2.43. The first-order chi connectivity index (χ1) is 18.1. The summed E-state index contributed by atoms with van der Waals surface area (Å²) in [6.45, 7) is 1.87. The Morgan fingerprint density at radius 2 is 1.89 bits per heavy atom. The SMILES string of the molecule is C#CCn1c(N[C@@H](C)c2ccc(C(F)(F)F)cc2)nc2c(c1=O)CN(C(=O)COc1ccc(Cl)cc1)CC2. The summed E-state index contributed by atoms with van der Waals surface area (Å²) >= 11 is 5.86. The molecule has 198 valence electrons. The molecule has 2 aromatic carbocycles. The van der Waals surface area contributed by atoms with Crippen molar-refractivity contribution in [1.82, 2.24) is 14.5 Å². The van der Waals surface area contributed by atoms with Gasteiger partial charge in [0.25, 0.3) is 11.5 Å². The van der Waals surface area contributed by atoms with Crippen molar-refractivity contribution in [3.8, 4) is 18.1 Å². The Bertz CT molecular complexity index is 1410. The third-order valence-corrected chi connectivity index (χ3v) is 6.43. The first kappa shape index (κ1) is 27.1. The lowest BCUT2D eigenvalue weighted by atomic mass is 10.1. The highest BCUT2D eigenvalue weighted by atomic mass is 35.5. The van der Waals surface area contributed by atoms with Crippen LogP contribution in [-0.4, -0.2) is 33.5 Å². The van der Waals surface area contributed by atoms with Gasteiger partial charge in [-0.3, -0.25) is 14.2 Å². The van der Waals surface area contributed by atoms with Crippen LogP contribution in [-0.2, 0) is 30.5 Å². The fourth-order valence-corrected chi connectivity index (χ4v) is 4.21. The number of hydrogen-bond donors (Lipinski definition) is 1. The number of alkyl halides is 3. The lowest BCUT2D eigenvalue weighted by molar-refractivity contribution is -0.137. The number of benzene rings is 2. The van der Waals surface area contributed by atoms with Gasteiger partial charge in [-0.25, -0.2) is 4.98 Å². The van der Waals surface area contributed by atoms with Crippen molar-refractivity contribution in [2.75, 3.05) is 18.5 Å². The highest BCUT2D eigenvalue weighted by Gasteiger charge is 2.30. The number of rotatable bonds is 7. The van der Waals surface area contributed by atoms with E-state index in [2.05, 4.69) is 16.2 Å². The number of ether oxygens (including phenoxy) is 1. The van der Waals surface area contributed by atoms with Gasteiger partial charge in [-0.05, 0) is 48.9 Å². The molecule has 0 aliphatic carbocycles. The van der Waals surface area contributed by atoms with Crippen LogP contribution in [0.3, 0.4) is 0 Å². The second-order valence-corrected chi connectivity index (χ2v) is 9.19. The van der Waals surface area contributed by atoms with E-state index in [-0.39, 0.29) is 37.1 Å². The Balaban J connectivity index is 1.51. The van der Waals surface area contributed by atoms with Gasteiger partial charge in [0.15, 0.2) is 6.61 Å². The highest BCUT2D eigenvalue weighted by Crippen LogP contribution is 2.30. The number of anilines is 1. The van der Waals surface area contributed by atoms with Crippen molar-refractivity contribution < 1.29 is 22.7 Å². The minimum atomic E-state index is -4.43. The summed E-state index contributed by atoms with van der Waals surface area (Å²) in [5.41, 5.74) is 0.343. The third-order valence-electron chi connectivity index (χ3n) is 6.18. The molecule has 0 unspecified atom stereocenters. The van der Waals surface area contributed by atoms with Gasteiger partial charge in [0, 0.05) is 18.0 Å². The van der Waals surface area contributed by atoms with Crippen LogP contribution in [0.4, 0.5) is 19.1 Å². The summed E-state index contributed by atoms with van der Waals surface area (Å²) in [7, 11) is 0. The molecule has 11 heteroatoms. The van der Waals surface area contributed by atoms with Crippen molar-refractivity contribution in [2.45, 2.75) is 38.7 Å². The average Bonchev–Trinajstić information content (AvgIpc) is 2.89. The zero-order valence-corrected chi connectivity index (χ0v) is 21.1. The summed E-state index contributed by atoms with van der Waals surface area (Å²) in [5.74, 6) is 2.86. The first-order valence-corrected chi connectivity index (χ1v) is 12.1. The lowest BCUT2D eigenvalue weighted by Gasteiger charge is -2.29. The summed E-state index contributed by atoms with van der Waals surface area (Å²) in [5, 5.41) is 3.65. The first-order valence-electron chi connectivity index (χ1n) is 11.7. The molecule has 0 saturated heterocycles. The molecule has 1 aliphatic heterocycles. The van der Waals surface area contributed by atoms with Gasteiger partial charge >= 0.3 is 6.18 Å². The van der Waals surface area contributed by atoms with Crippen molar-refractivity contribution in [1.29, 1.82) is 0 Å². The number of terminal acetylenes is 1. The predicted octanol–water partition coefficient (Wildman–Crippen LogP) is 4.69. The van der Waals surface area contributed by atoms with Gasteiger partial charge in [0.2, 0.25) is 5.95 Å². The highest BCUT2D eigenvalue weighted by molar-refractivity contribution is 6.30. The van der Waals surface area contributed by atoms with E-state index in [4.69, 9.17) is 22.8 Å². The zero-order chi connectivity index (χ0) is 27.4. The maximum atomic E-state index is 13.4. The number of hydrogen-bond acceptors (Lipinski definition) is 5. The zero-order valence-electron chi connectivity index (χ0n) is 20.4. The molecule has 0 bridgehead atoms. The molecule has 0 spiro atoms. The molecule has 0 fully saturated rings. The van der Waals surface area contributed by atoms with Gasteiger partial charge in [-0.2, -0.15) is 13.2 Å². The molecule has 1 N–H and O–H groups in total. The van der Waals surface area contributed by atoms with Crippen molar-refractivity contribution in [3.05, 3.63) is 86.3 Å². The average molecular weight is 545 g/mol. The van der Waals surface area contributed by atoms with E-state index in [1.165, 1.54) is 21.6 Å². The molecule has 0 saturated carbocycles. The normalized spacial score (nSPS) is 13.8. The van der Waals surface area contributed by atoms with Gasteiger partial charge in [0.1, 0.15) is 5.75 Å². The predicted molar refractivity (Wildman–Crippen MR) is 137 cm³/mol. The van der Waals surface area contributed by atoms with Crippen LogP contribution in [0.25, 0.3) is 0 Å². The van der Waals surface area contributed by atoms with Crippen LogP contribution in [0.1, 0.15) is 35.3 Å². The minimum Gasteiger partial charge on any atom is -0.484 e. The number of nitrogens with one attached hydrogen (secondary N) is 1. The van der Waals surface area contributed by atoms with Gasteiger partial charge in [-0.15, -0.1) is 6.42 Å². The standard InChI is InChI=1S/C27H24ClF3N4O3/c1-3-13-35-25(37)22-15-34(24(36)16-38-21-10-8-20(28)9-11-21)14-12-23(22)33-26(35)32-17(2)18-4-6-19(7-5-18)27(29,30)31/h1,4-11,17H,12-16H2,2H3,(H,32,33)/t17-/m0/s1. The molecule has 1 aromatic heterocycles. The largest absolute Gasteiger partial charge is 0.484 e. The van der Waals surface area contributed by atoms with Crippen molar-refractivity contribution in [2.24, 2.45) is 0 Å². The molecular formula is C27H24ClF3N4O3. The number of halogens is 4. The quantitative estimate of drug-likeness (QED) is 0.437. The second-order valence-electron chi connectivity index (χ2n) is 8.75. The van der Waals surface area contributed by atoms with Crippen molar-refractivity contribution in [3.63, 3.8) is 0 Å². The summed E-state index contributed by atoms with van der Waals surface area (Å²) in [4.78, 5) is 32.2. The summed E-state index contributed by atoms with van der Waals surface area (Å²) in [6.07, 6.45) is 1.41. The summed E-state index contributed by atoms with van der Waals surface area (Å²) < 4.78 is 45.5. The minimum absolute atomic E-state index is 0.0588. The molecule has 1 amide bonds. The van der Waals surface area contributed by atoms with E-state index in [9.17, 15) is 22.8 Å². The van der Waals surface area contributed by atoms with Crippen molar-refractivity contribution >= 4 is 23.5 Å². The van der Waals surface area contributed by atoms with Crippen LogP contribution < -0.4 is 15.6 Å². The monoisotopic (exact) mass is 544 g/mol. The molecule has 0 radical (unpaired) electrons. The van der Waals surface area contributed by atoms with Crippen LogP contribution in [0.5, 0.6) is 5.75 Å². The number of nitrogens with zero attached hydrogens (tertiary/aromatic N) is 3. The Morgan fingerprint density at radius 3 is 2.53 bits per heavy atom. The van der Waals surface area contributed by atoms with Crippen LogP contribution in [0.2, 0.25) is 5.02 Å². The van der Waals surface area contributed by atoms with Crippen LogP contribution in [0.15, 0.2) is 53.3 Å². The van der Waals surface area contributed by atoms with E-state index in [1.807, 2.05) is 0 Å². The molecule has 1 aliphatic rings. The number of amides is 1. The fraction of sp³-hybridized carbons (Fsp3) is 0.296. The maximum absolute atomic E-state index is 13.4. The Morgan fingerprint density at radius 1 is 1.21 bits per heavy atom. The smallest absolute Gasteiger partial charge is 0.416 e. The third kappa shape index (κ3) is 6.11. The van der Waals surface area contributed by atoms with Crippen LogP contribution >= 0.6 is 11.6 Å². The number of fused-ring (bicyclic) bond motifs is 1. The molecule has 38 heavy (non-hydrogen) atoms. The van der Waals surface area contributed by atoms with E-state index in [0.717, 1.165) is 12.1 Å². The van der Waals surface area contributed by atoms with Crippen LogP contribution in [0, 0.1) is 12.3 Å². The summed E-state index contributed by atoms with van der Waals surface area (Å²) in [6, 6.07) is 10.9. The molecule has 4 rings (SSSR count). The fourth-order valence-electron chi connectivity index (χ4n) is 4.08. The Labute approximate surface area is 222 Å². The van der Waals surface area contributed by atoms with E-state index >= 15 is 0 Å². The van der Waals surface area contributed by atoms with E-state index < -0.39 is 17.8 Å². The number of carbonyl (C=O) groups excluding carboxylic acids is 1. The molecular weight excluding hydrogens is 521 g/mol. The van der Waals surface area contributed by atoms with Gasteiger partial charge in [0.05, 0.1) is 36.0 Å². The topological polar surface area (TPSA) is 76.5 Å².